The molecule has 0 amide bonds. The maximum atomic E-state index is 5.53. The quantitative estimate of drug-likeness (QED) is 0.787. The molecule has 0 aliphatic rings. The third-order valence-corrected chi connectivity index (χ3v) is 2.42. The van der Waals surface area contributed by atoms with Crippen molar-refractivity contribution in [2.45, 2.75) is 46.3 Å². The molecule has 2 aromatic rings. The molecule has 0 fully saturated rings. The summed E-state index contributed by atoms with van der Waals surface area (Å²) in [5.74, 6) is 2.17. The van der Waals surface area contributed by atoms with Gasteiger partial charge in [0.15, 0.2) is 18.2 Å². The number of ether oxygens (including phenoxy) is 1. The van der Waals surface area contributed by atoms with Crippen LogP contribution in [0.25, 0.3) is 0 Å². The summed E-state index contributed by atoms with van der Waals surface area (Å²) in [5.41, 5.74) is 0. The molecule has 0 saturated heterocycles. The van der Waals surface area contributed by atoms with Crippen molar-refractivity contribution in [3.05, 3.63) is 24.1 Å². The molecule has 0 radical (unpaired) electrons. The second-order valence-electron chi connectivity index (χ2n) is 4.43. The van der Waals surface area contributed by atoms with E-state index in [-0.39, 0.29) is 12.5 Å². The summed E-state index contributed by atoms with van der Waals surface area (Å²) in [4.78, 5) is 4.24. The van der Waals surface area contributed by atoms with Gasteiger partial charge in [-0.2, -0.15) is 10.1 Å². The van der Waals surface area contributed by atoms with Crippen LogP contribution in [0.5, 0.6) is 5.75 Å². The fourth-order valence-electron chi connectivity index (χ4n) is 1.48. The fourth-order valence-corrected chi connectivity index (χ4v) is 1.48. The summed E-state index contributed by atoms with van der Waals surface area (Å²) < 4.78 is 12.5. The van der Waals surface area contributed by atoms with Crippen molar-refractivity contribution < 1.29 is 9.26 Å². The van der Waals surface area contributed by atoms with Crippen LogP contribution in [-0.2, 0) is 13.2 Å². The molecule has 0 spiro atoms. The lowest BCUT2D eigenvalue weighted by molar-refractivity contribution is 0.242. The first-order chi connectivity index (χ1) is 8.69. The van der Waals surface area contributed by atoms with Crippen molar-refractivity contribution in [3.8, 4) is 5.75 Å². The normalized spacial score (nSPS) is 11.1. The highest BCUT2D eigenvalue weighted by Crippen LogP contribution is 2.13. The molecule has 0 unspecified atom stereocenters. The van der Waals surface area contributed by atoms with Crippen LogP contribution in [0.2, 0.25) is 0 Å². The molecule has 2 aromatic heterocycles. The zero-order valence-electron chi connectivity index (χ0n) is 11.0. The SMILES string of the molecule is CCCn1cc(OCc2nc(C(C)C)no2)cn1. The highest BCUT2D eigenvalue weighted by molar-refractivity contribution is 5.11. The molecule has 0 N–H and O–H groups in total. The van der Waals surface area contributed by atoms with E-state index in [2.05, 4.69) is 22.2 Å². The van der Waals surface area contributed by atoms with Gasteiger partial charge in [-0.05, 0) is 6.42 Å². The third-order valence-electron chi connectivity index (χ3n) is 2.42. The standard InChI is InChI=1S/C12H18N4O2/c1-4-5-16-7-10(6-13-16)17-8-11-14-12(9(2)3)15-18-11/h6-7,9H,4-5,8H2,1-3H3. The molecule has 0 saturated carbocycles. The predicted molar refractivity (Wildman–Crippen MR) is 65.2 cm³/mol. The van der Waals surface area contributed by atoms with Crippen molar-refractivity contribution in [1.29, 1.82) is 0 Å². The van der Waals surface area contributed by atoms with Crippen molar-refractivity contribution in [3.63, 3.8) is 0 Å². The molecule has 0 bridgehead atoms. The summed E-state index contributed by atoms with van der Waals surface area (Å²) >= 11 is 0. The van der Waals surface area contributed by atoms with Gasteiger partial charge in [0.2, 0.25) is 0 Å². The Morgan fingerprint density at radius 1 is 1.44 bits per heavy atom. The average molecular weight is 250 g/mol. The molecule has 6 heteroatoms. The van der Waals surface area contributed by atoms with Gasteiger partial charge in [0.1, 0.15) is 0 Å². The molecular formula is C12H18N4O2. The lowest BCUT2D eigenvalue weighted by Crippen LogP contribution is -1.97. The van der Waals surface area contributed by atoms with Crippen LogP contribution < -0.4 is 4.74 Å². The maximum Gasteiger partial charge on any atom is 0.264 e. The lowest BCUT2D eigenvalue weighted by Gasteiger charge is -1.98. The van der Waals surface area contributed by atoms with Crippen LogP contribution in [0.3, 0.4) is 0 Å². The van der Waals surface area contributed by atoms with E-state index in [1.807, 2.05) is 24.7 Å². The highest BCUT2D eigenvalue weighted by atomic mass is 16.5. The van der Waals surface area contributed by atoms with E-state index < -0.39 is 0 Å². The Kier molecular flexibility index (Phi) is 3.96. The van der Waals surface area contributed by atoms with Crippen LogP contribution in [-0.4, -0.2) is 19.9 Å². The van der Waals surface area contributed by atoms with Gasteiger partial charge in [0.05, 0.1) is 12.4 Å². The first kappa shape index (κ1) is 12.6. The smallest absolute Gasteiger partial charge is 0.264 e. The molecule has 2 rings (SSSR count). The first-order valence-corrected chi connectivity index (χ1v) is 6.16. The minimum Gasteiger partial charge on any atom is -0.480 e. The summed E-state index contributed by atoms with van der Waals surface area (Å²) in [5, 5.41) is 8.05. The Hall–Kier alpha value is -1.85. The summed E-state index contributed by atoms with van der Waals surface area (Å²) in [6.45, 7) is 7.31. The zero-order valence-corrected chi connectivity index (χ0v) is 11.0. The van der Waals surface area contributed by atoms with E-state index in [0.717, 1.165) is 13.0 Å². The molecular weight excluding hydrogens is 232 g/mol. The Morgan fingerprint density at radius 2 is 2.28 bits per heavy atom. The molecule has 18 heavy (non-hydrogen) atoms. The largest absolute Gasteiger partial charge is 0.480 e. The number of rotatable bonds is 6. The van der Waals surface area contributed by atoms with E-state index in [1.165, 1.54) is 0 Å². The Balaban J connectivity index is 1.89. The number of aryl methyl sites for hydroxylation is 1. The Bertz CT molecular complexity index is 490. The molecule has 2 heterocycles. The molecule has 6 nitrogen and oxygen atoms in total. The van der Waals surface area contributed by atoms with Crippen molar-refractivity contribution >= 4 is 0 Å². The van der Waals surface area contributed by atoms with Crippen LogP contribution in [0, 0.1) is 0 Å². The van der Waals surface area contributed by atoms with E-state index in [0.29, 0.717) is 17.5 Å². The molecule has 0 atom stereocenters. The zero-order chi connectivity index (χ0) is 13.0. The second-order valence-corrected chi connectivity index (χ2v) is 4.43. The van der Waals surface area contributed by atoms with Crippen LogP contribution in [0.1, 0.15) is 44.8 Å². The van der Waals surface area contributed by atoms with Crippen LogP contribution in [0.4, 0.5) is 0 Å². The minimum atomic E-state index is 0.259. The van der Waals surface area contributed by atoms with E-state index in [1.54, 1.807) is 6.20 Å². The third kappa shape index (κ3) is 3.09. The lowest BCUT2D eigenvalue weighted by atomic mass is 10.2. The van der Waals surface area contributed by atoms with E-state index >= 15 is 0 Å². The Morgan fingerprint density at radius 3 is 2.94 bits per heavy atom. The molecule has 0 aromatic carbocycles. The van der Waals surface area contributed by atoms with Gasteiger partial charge in [0, 0.05) is 12.5 Å². The monoisotopic (exact) mass is 250 g/mol. The van der Waals surface area contributed by atoms with Crippen molar-refractivity contribution in [1.82, 2.24) is 19.9 Å². The van der Waals surface area contributed by atoms with Gasteiger partial charge in [0.25, 0.3) is 5.89 Å². The Labute approximate surface area is 106 Å². The summed E-state index contributed by atoms with van der Waals surface area (Å²) in [7, 11) is 0. The van der Waals surface area contributed by atoms with Gasteiger partial charge in [-0.1, -0.05) is 25.9 Å². The van der Waals surface area contributed by atoms with Gasteiger partial charge < -0.3 is 9.26 Å². The number of aromatic nitrogens is 4. The predicted octanol–water partition coefficient (Wildman–Crippen LogP) is 2.38. The number of hydrogen-bond acceptors (Lipinski definition) is 5. The van der Waals surface area contributed by atoms with Crippen molar-refractivity contribution in [2.75, 3.05) is 0 Å². The maximum absolute atomic E-state index is 5.53. The second kappa shape index (κ2) is 5.66. The first-order valence-electron chi connectivity index (χ1n) is 6.16. The topological polar surface area (TPSA) is 66.0 Å². The van der Waals surface area contributed by atoms with Crippen molar-refractivity contribution in [2.24, 2.45) is 0 Å². The molecule has 98 valence electrons. The van der Waals surface area contributed by atoms with Gasteiger partial charge in [-0.25, -0.2) is 0 Å². The summed E-state index contributed by atoms with van der Waals surface area (Å²) in [6, 6.07) is 0. The van der Waals surface area contributed by atoms with Gasteiger partial charge >= 0.3 is 0 Å². The van der Waals surface area contributed by atoms with Crippen LogP contribution >= 0.6 is 0 Å². The van der Waals surface area contributed by atoms with E-state index in [4.69, 9.17) is 9.26 Å². The van der Waals surface area contributed by atoms with Gasteiger partial charge in [-0.3, -0.25) is 4.68 Å². The number of hydrogen-bond donors (Lipinski definition) is 0. The van der Waals surface area contributed by atoms with Gasteiger partial charge in [-0.15, -0.1) is 0 Å². The van der Waals surface area contributed by atoms with E-state index in [9.17, 15) is 0 Å². The average Bonchev–Trinajstić information content (AvgIpc) is 2.95. The highest BCUT2D eigenvalue weighted by Gasteiger charge is 2.10. The molecule has 0 aliphatic carbocycles. The summed E-state index contributed by atoms with van der Waals surface area (Å²) in [6.07, 6.45) is 4.60. The molecule has 0 aliphatic heterocycles. The minimum absolute atomic E-state index is 0.259. The number of nitrogens with zero attached hydrogens (tertiary/aromatic N) is 4. The van der Waals surface area contributed by atoms with Crippen LogP contribution in [0.15, 0.2) is 16.9 Å². The fraction of sp³-hybridized carbons (Fsp3) is 0.583.